The molecular weight excluding hydrogens is 410 g/mol. The standard InChI is InChI=1S/C27H37N5O/c1-30(2)26(33)19-28-27(32-18-13-24(21-32)23-11-7-4-8-12-23)29-25-14-16-31(17-15-25)20-22-9-5-3-6-10-22/h3-12,24-25H,13-21H2,1-2H3,(H,28,29). The van der Waals surface area contributed by atoms with E-state index < -0.39 is 0 Å². The fourth-order valence-corrected chi connectivity index (χ4v) is 4.73. The molecule has 2 aliphatic heterocycles. The number of hydrogen-bond acceptors (Lipinski definition) is 3. The van der Waals surface area contributed by atoms with Gasteiger partial charge >= 0.3 is 0 Å². The van der Waals surface area contributed by atoms with Crippen LogP contribution in [0.3, 0.4) is 0 Å². The largest absolute Gasteiger partial charge is 0.353 e. The molecule has 1 unspecified atom stereocenters. The van der Waals surface area contributed by atoms with Gasteiger partial charge in [-0.3, -0.25) is 9.69 Å². The van der Waals surface area contributed by atoms with Crippen molar-refractivity contribution in [3.05, 3.63) is 71.8 Å². The Morgan fingerprint density at radius 3 is 2.30 bits per heavy atom. The summed E-state index contributed by atoms with van der Waals surface area (Å²) in [5, 5.41) is 3.73. The Labute approximate surface area is 198 Å². The second kappa shape index (κ2) is 11.3. The Morgan fingerprint density at radius 2 is 1.64 bits per heavy atom. The molecule has 2 fully saturated rings. The summed E-state index contributed by atoms with van der Waals surface area (Å²) in [6.07, 6.45) is 3.29. The molecule has 6 nitrogen and oxygen atoms in total. The molecule has 0 aromatic heterocycles. The Morgan fingerprint density at radius 1 is 0.970 bits per heavy atom. The van der Waals surface area contributed by atoms with Crippen LogP contribution in [0.5, 0.6) is 0 Å². The van der Waals surface area contributed by atoms with Crippen molar-refractivity contribution in [1.29, 1.82) is 0 Å². The van der Waals surface area contributed by atoms with E-state index in [-0.39, 0.29) is 12.5 Å². The molecule has 1 atom stereocenters. The van der Waals surface area contributed by atoms with Crippen molar-refractivity contribution in [2.24, 2.45) is 4.99 Å². The number of nitrogens with one attached hydrogen (secondary N) is 1. The zero-order valence-electron chi connectivity index (χ0n) is 20.0. The van der Waals surface area contributed by atoms with Crippen molar-refractivity contribution in [2.45, 2.75) is 37.8 Å². The van der Waals surface area contributed by atoms with E-state index in [4.69, 9.17) is 4.99 Å². The van der Waals surface area contributed by atoms with Crippen molar-refractivity contribution in [2.75, 3.05) is 46.8 Å². The minimum Gasteiger partial charge on any atom is -0.353 e. The normalized spacial score (nSPS) is 20.1. The molecule has 2 aromatic carbocycles. The lowest BCUT2D eigenvalue weighted by molar-refractivity contribution is -0.127. The van der Waals surface area contributed by atoms with Gasteiger partial charge in [-0.15, -0.1) is 0 Å². The summed E-state index contributed by atoms with van der Waals surface area (Å²) < 4.78 is 0. The summed E-state index contributed by atoms with van der Waals surface area (Å²) in [5.74, 6) is 1.44. The number of likely N-dealkylation sites (N-methyl/N-ethyl adjacent to an activating group) is 1. The van der Waals surface area contributed by atoms with Crippen molar-refractivity contribution < 1.29 is 4.79 Å². The first-order valence-electron chi connectivity index (χ1n) is 12.2. The molecule has 0 aliphatic carbocycles. The Balaban J connectivity index is 1.36. The van der Waals surface area contributed by atoms with Crippen LogP contribution in [0.25, 0.3) is 0 Å². The van der Waals surface area contributed by atoms with Crippen LogP contribution in [0.1, 0.15) is 36.3 Å². The third-order valence-corrected chi connectivity index (χ3v) is 6.79. The monoisotopic (exact) mass is 447 g/mol. The number of rotatable bonds is 6. The highest BCUT2D eigenvalue weighted by atomic mass is 16.2. The molecule has 1 N–H and O–H groups in total. The van der Waals surface area contributed by atoms with Crippen molar-refractivity contribution >= 4 is 11.9 Å². The third-order valence-electron chi connectivity index (χ3n) is 6.79. The summed E-state index contributed by atoms with van der Waals surface area (Å²) in [5.41, 5.74) is 2.76. The average molecular weight is 448 g/mol. The van der Waals surface area contributed by atoms with Crippen molar-refractivity contribution in [1.82, 2.24) is 20.0 Å². The molecule has 0 spiro atoms. The molecule has 33 heavy (non-hydrogen) atoms. The Hall–Kier alpha value is -2.86. The predicted molar refractivity (Wildman–Crippen MR) is 134 cm³/mol. The highest BCUT2D eigenvalue weighted by Gasteiger charge is 2.28. The number of aliphatic imine (C=N–C) groups is 1. The van der Waals surface area contributed by atoms with E-state index in [1.54, 1.807) is 19.0 Å². The highest BCUT2D eigenvalue weighted by molar-refractivity contribution is 5.85. The van der Waals surface area contributed by atoms with E-state index in [1.807, 2.05) is 0 Å². The number of nitrogens with zero attached hydrogens (tertiary/aromatic N) is 4. The summed E-state index contributed by atoms with van der Waals surface area (Å²) >= 11 is 0. The van der Waals surface area contributed by atoms with Crippen LogP contribution >= 0.6 is 0 Å². The number of amides is 1. The van der Waals surface area contributed by atoms with Crippen LogP contribution in [-0.4, -0.2) is 79.4 Å². The van der Waals surface area contributed by atoms with Gasteiger partial charge in [0.1, 0.15) is 6.54 Å². The number of likely N-dealkylation sites (tertiary alicyclic amines) is 2. The van der Waals surface area contributed by atoms with Crippen molar-refractivity contribution in [3.8, 4) is 0 Å². The van der Waals surface area contributed by atoms with Gasteiger partial charge in [0.05, 0.1) is 0 Å². The molecule has 0 saturated carbocycles. The fourth-order valence-electron chi connectivity index (χ4n) is 4.73. The SMILES string of the molecule is CN(C)C(=O)CN=C(NC1CCN(Cc2ccccc2)CC1)N1CCC(c2ccccc2)C1. The first-order chi connectivity index (χ1) is 16.1. The van der Waals surface area contributed by atoms with Gasteiger partial charge in [0, 0.05) is 58.8 Å². The van der Waals surface area contributed by atoms with E-state index in [2.05, 4.69) is 75.8 Å². The van der Waals surface area contributed by atoms with Crippen LogP contribution in [0, 0.1) is 0 Å². The van der Waals surface area contributed by atoms with E-state index in [0.717, 1.165) is 57.9 Å². The molecule has 2 saturated heterocycles. The summed E-state index contributed by atoms with van der Waals surface area (Å²) in [6, 6.07) is 21.8. The molecule has 2 aliphatic rings. The Bertz CT molecular complexity index is 907. The molecule has 4 rings (SSSR count). The zero-order valence-corrected chi connectivity index (χ0v) is 20.0. The maximum Gasteiger partial charge on any atom is 0.243 e. The first kappa shape index (κ1) is 23.3. The highest BCUT2D eigenvalue weighted by Crippen LogP contribution is 2.27. The molecule has 1 amide bonds. The lowest BCUT2D eigenvalue weighted by atomic mass is 9.99. The summed E-state index contributed by atoms with van der Waals surface area (Å²) in [7, 11) is 3.57. The predicted octanol–water partition coefficient (Wildman–Crippen LogP) is 3.17. The van der Waals surface area contributed by atoms with Gasteiger partial charge in [-0.25, -0.2) is 4.99 Å². The molecule has 176 valence electrons. The van der Waals surface area contributed by atoms with Crippen molar-refractivity contribution in [3.63, 3.8) is 0 Å². The van der Waals surface area contributed by atoms with E-state index in [1.165, 1.54) is 11.1 Å². The third kappa shape index (κ3) is 6.57. The Kier molecular flexibility index (Phi) is 8.00. The van der Waals surface area contributed by atoms with Gasteiger partial charge in [-0.2, -0.15) is 0 Å². The van der Waals surface area contributed by atoms with Crippen LogP contribution in [0.15, 0.2) is 65.7 Å². The quantitative estimate of drug-likeness (QED) is 0.546. The molecular formula is C27H37N5O. The number of guanidine groups is 1. The molecule has 0 radical (unpaired) electrons. The maximum atomic E-state index is 12.2. The zero-order chi connectivity index (χ0) is 23.0. The molecule has 2 aromatic rings. The minimum atomic E-state index is 0.0331. The van der Waals surface area contributed by atoms with Gasteiger partial charge < -0.3 is 15.1 Å². The van der Waals surface area contributed by atoms with Gasteiger partial charge in [0.25, 0.3) is 0 Å². The van der Waals surface area contributed by atoms with Crippen LogP contribution < -0.4 is 5.32 Å². The summed E-state index contributed by atoms with van der Waals surface area (Å²) in [6.45, 7) is 5.25. The van der Waals surface area contributed by atoms with Crippen LogP contribution in [0.2, 0.25) is 0 Å². The van der Waals surface area contributed by atoms with Gasteiger partial charge in [0.15, 0.2) is 5.96 Å². The summed E-state index contributed by atoms with van der Waals surface area (Å²) in [4.78, 5) is 23.5. The van der Waals surface area contributed by atoms with Gasteiger partial charge in [0.2, 0.25) is 5.91 Å². The smallest absolute Gasteiger partial charge is 0.243 e. The number of benzene rings is 2. The second-order valence-corrected chi connectivity index (χ2v) is 9.45. The lowest BCUT2D eigenvalue weighted by Gasteiger charge is -2.34. The van der Waals surface area contributed by atoms with E-state index in [9.17, 15) is 4.79 Å². The number of carbonyl (C=O) groups is 1. The van der Waals surface area contributed by atoms with E-state index in [0.29, 0.717) is 12.0 Å². The second-order valence-electron chi connectivity index (χ2n) is 9.45. The number of hydrogen-bond donors (Lipinski definition) is 1. The molecule has 0 bridgehead atoms. The number of carbonyl (C=O) groups excluding carboxylic acids is 1. The fraction of sp³-hybridized carbons (Fsp3) is 0.481. The molecule has 2 heterocycles. The maximum absolute atomic E-state index is 12.2. The first-order valence-corrected chi connectivity index (χ1v) is 12.2. The van der Waals surface area contributed by atoms with Gasteiger partial charge in [-0.1, -0.05) is 60.7 Å². The lowest BCUT2D eigenvalue weighted by Crippen LogP contribution is -2.49. The topological polar surface area (TPSA) is 51.2 Å². The van der Waals surface area contributed by atoms with Crippen LogP contribution in [0.4, 0.5) is 0 Å². The minimum absolute atomic E-state index is 0.0331. The molecule has 6 heteroatoms. The van der Waals surface area contributed by atoms with E-state index >= 15 is 0 Å². The van der Waals surface area contributed by atoms with Crippen LogP contribution in [-0.2, 0) is 11.3 Å². The van der Waals surface area contributed by atoms with Gasteiger partial charge in [-0.05, 0) is 30.4 Å². The number of piperidine rings is 1. The average Bonchev–Trinajstić information content (AvgIpc) is 3.34.